The fourth-order valence-electron chi connectivity index (χ4n) is 1.46. The van der Waals surface area contributed by atoms with Gasteiger partial charge in [0.15, 0.2) is 0 Å². The quantitative estimate of drug-likeness (QED) is 0.446. The molecule has 79 valence electrons. The molecule has 3 heteroatoms. The standard InChI is InChI=1S/C13H11.Na.H2OS.H/c1-11-7-5-6-10-13(11)12-8-3-2-4-9-12;;1-2;/h3-10H,1H3;;1-2H;. The van der Waals surface area contributed by atoms with Crippen LogP contribution in [0.15, 0.2) is 48.5 Å². The fraction of sp³-hybridized carbons (Fsp3) is 0.0769. The van der Waals surface area contributed by atoms with Crippen LogP contribution in [-0.2, 0) is 0 Å². The van der Waals surface area contributed by atoms with E-state index in [4.69, 9.17) is 4.55 Å². The summed E-state index contributed by atoms with van der Waals surface area (Å²) in [5.41, 5.74) is 3.88. The fourth-order valence-corrected chi connectivity index (χ4v) is 1.46. The predicted molar refractivity (Wildman–Crippen MR) is 74.2 cm³/mol. The summed E-state index contributed by atoms with van der Waals surface area (Å²) in [7, 11) is 0. The molecule has 16 heavy (non-hydrogen) atoms. The molecule has 0 aliphatic carbocycles. The van der Waals surface area contributed by atoms with E-state index in [1.807, 2.05) is 12.1 Å². The molecule has 2 rings (SSSR count). The SMILES string of the molecule is Cc1ccccc1-c1cc[c]cc1.OS.[NaH]. The second-order valence-corrected chi connectivity index (χ2v) is 3.10. The van der Waals surface area contributed by atoms with Gasteiger partial charge in [-0.05, 0) is 42.6 Å². The Morgan fingerprint density at radius 2 is 1.56 bits per heavy atom. The summed E-state index contributed by atoms with van der Waals surface area (Å²) in [5.74, 6) is 0. The van der Waals surface area contributed by atoms with Gasteiger partial charge in [-0.25, -0.2) is 0 Å². The van der Waals surface area contributed by atoms with Crippen LogP contribution in [0.5, 0.6) is 0 Å². The van der Waals surface area contributed by atoms with Crippen molar-refractivity contribution in [3.63, 3.8) is 0 Å². The van der Waals surface area contributed by atoms with Crippen molar-refractivity contribution < 1.29 is 4.55 Å². The average Bonchev–Trinajstić information content (AvgIpc) is 2.33. The van der Waals surface area contributed by atoms with Crippen LogP contribution in [0, 0.1) is 13.0 Å². The van der Waals surface area contributed by atoms with Crippen LogP contribution in [0.2, 0.25) is 0 Å². The Bertz CT molecular complexity index is 404. The van der Waals surface area contributed by atoms with Crippen molar-refractivity contribution in [3.8, 4) is 11.1 Å². The van der Waals surface area contributed by atoms with Crippen LogP contribution in [0.3, 0.4) is 0 Å². The molecule has 1 N–H and O–H groups in total. The van der Waals surface area contributed by atoms with Crippen molar-refractivity contribution in [1.82, 2.24) is 0 Å². The van der Waals surface area contributed by atoms with Crippen LogP contribution >= 0.6 is 12.9 Å². The molecule has 0 unspecified atom stereocenters. The zero-order valence-corrected chi connectivity index (χ0v) is 9.41. The van der Waals surface area contributed by atoms with Crippen LogP contribution in [-0.4, -0.2) is 34.1 Å². The minimum absolute atomic E-state index is 0. The Balaban J connectivity index is 0.000000711. The number of benzene rings is 2. The van der Waals surface area contributed by atoms with Gasteiger partial charge in [-0.2, -0.15) is 0 Å². The van der Waals surface area contributed by atoms with Crippen molar-refractivity contribution in [2.24, 2.45) is 0 Å². The molecule has 0 bridgehead atoms. The van der Waals surface area contributed by atoms with Crippen LogP contribution < -0.4 is 0 Å². The second kappa shape index (κ2) is 8.85. The normalized spacial score (nSPS) is 8.44. The van der Waals surface area contributed by atoms with Crippen LogP contribution in [0.25, 0.3) is 11.1 Å². The number of hydrogen-bond acceptors (Lipinski definition) is 2. The van der Waals surface area contributed by atoms with Gasteiger partial charge in [-0.3, -0.25) is 0 Å². The molecule has 0 heterocycles. The number of thiol groups is 1. The first-order valence-electron chi connectivity index (χ1n) is 4.60. The zero-order valence-electron chi connectivity index (χ0n) is 8.51. The first-order chi connectivity index (χ1) is 7.38. The summed E-state index contributed by atoms with van der Waals surface area (Å²) in [6.45, 7) is 2.13. The van der Waals surface area contributed by atoms with Crippen molar-refractivity contribution in [2.75, 3.05) is 0 Å². The molecule has 0 aliphatic heterocycles. The van der Waals surface area contributed by atoms with Gasteiger partial charge < -0.3 is 4.55 Å². The Labute approximate surface area is 124 Å². The second-order valence-electron chi connectivity index (χ2n) is 3.10. The van der Waals surface area contributed by atoms with Gasteiger partial charge in [0.1, 0.15) is 0 Å². The predicted octanol–water partition coefficient (Wildman–Crippen LogP) is 3.20. The van der Waals surface area contributed by atoms with Crippen molar-refractivity contribution >= 4 is 42.5 Å². The van der Waals surface area contributed by atoms with E-state index in [0.29, 0.717) is 0 Å². The van der Waals surface area contributed by atoms with E-state index in [9.17, 15) is 0 Å². The van der Waals surface area contributed by atoms with Gasteiger partial charge in [0.05, 0.1) is 0 Å². The molecule has 0 fully saturated rings. The van der Waals surface area contributed by atoms with Gasteiger partial charge >= 0.3 is 29.6 Å². The van der Waals surface area contributed by atoms with E-state index >= 15 is 0 Å². The molecule has 0 atom stereocenters. The molecule has 0 saturated heterocycles. The number of hydrogen-bond donors (Lipinski definition) is 2. The molecular formula is C13H14NaOS. The summed E-state index contributed by atoms with van der Waals surface area (Å²) >= 11 is 2.53. The minimum atomic E-state index is 0. The Kier molecular flexibility index (Phi) is 8.71. The molecule has 0 aromatic heterocycles. The summed E-state index contributed by atoms with van der Waals surface area (Å²) < 4.78 is 6.69. The molecule has 2 aromatic rings. The van der Waals surface area contributed by atoms with Crippen LogP contribution in [0.1, 0.15) is 5.56 Å². The molecule has 0 amide bonds. The molecule has 0 spiro atoms. The third-order valence-corrected chi connectivity index (χ3v) is 2.17. The van der Waals surface area contributed by atoms with Gasteiger partial charge in [0.25, 0.3) is 0 Å². The molecule has 0 saturated carbocycles. The zero-order chi connectivity index (χ0) is 11.1. The third kappa shape index (κ3) is 4.32. The Morgan fingerprint density at radius 3 is 2.12 bits per heavy atom. The van der Waals surface area contributed by atoms with Gasteiger partial charge in [-0.15, -0.1) is 0 Å². The molecule has 0 aliphatic rings. The van der Waals surface area contributed by atoms with Crippen molar-refractivity contribution in [3.05, 3.63) is 60.2 Å². The van der Waals surface area contributed by atoms with Crippen molar-refractivity contribution in [2.45, 2.75) is 6.92 Å². The van der Waals surface area contributed by atoms with Crippen LogP contribution in [0.4, 0.5) is 0 Å². The topological polar surface area (TPSA) is 20.2 Å². The van der Waals surface area contributed by atoms with Crippen molar-refractivity contribution in [1.29, 1.82) is 0 Å². The van der Waals surface area contributed by atoms with E-state index in [1.165, 1.54) is 16.7 Å². The van der Waals surface area contributed by atoms with E-state index in [0.717, 1.165) is 0 Å². The van der Waals surface area contributed by atoms with Gasteiger partial charge in [0.2, 0.25) is 0 Å². The van der Waals surface area contributed by atoms with E-state index in [2.05, 4.69) is 62.3 Å². The summed E-state index contributed by atoms with van der Waals surface area (Å²) in [5, 5.41) is 0. The van der Waals surface area contributed by atoms with Gasteiger partial charge in [-0.1, -0.05) is 48.5 Å². The summed E-state index contributed by atoms with van der Waals surface area (Å²) in [6.07, 6.45) is 0. The number of aryl methyl sites for hydroxylation is 1. The van der Waals surface area contributed by atoms with E-state index < -0.39 is 0 Å². The Hall–Kier alpha value is -0.250. The maximum absolute atomic E-state index is 6.69. The monoisotopic (exact) mass is 241 g/mol. The average molecular weight is 241 g/mol. The summed E-state index contributed by atoms with van der Waals surface area (Å²) in [4.78, 5) is 0. The number of rotatable bonds is 1. The molecule has 1 radical (unpaired) electrons. The van der Waals surface area contributed by atoms with E-state index in [-0.39, 0.29) is 29.6 Å². The maximum atomic E-state index is 6.69. The first kappa shape index (κ1) is 15.8. The first-order valence-corrected chi connectivity index (χ1v) is 5.00. The molecule has 2 aromatic carbocycles. The summed E-state index contributed by atoms with van der Waals surface area (Å²) in [6, 6.07) is 19.5. The van der Waals surface area contributed by atoms with E-state index in [1.54, 1.807) is 0 Å². The van der Waals surface area contributed by atoms with Gasteiger partial charge in [0, 0.05) is 0 Å². The molecule has 1 nitrogen and oxygen atoms in total. The third-order valence-electron chi connectivity index (χ3n) is 2.17. The Morgan fingerprint density at radius 1 is 1.00 bits per heavy atom. The molecular weight excluding hydrogens is 227 g/mol.